The summed E-state index contributed by atoms with van der Waals surface area (Å²) in [6.07, 6.45) is 0.961. The Balaban J connectivity index is 1.70. The predicted octanol–water partition coefficient (Wildman–Crippen LogP) is 2.83. The zero-order valence-electron chi connectivity index (χ0n) is 18.9. The lowest BCUT2D eigenvalue weighted by atomic mass is 9.94. The third kappa shape index (κ3) is 4.40. The van der Waals surface area contributed by atoms with Gasteiger partial charge in [-0.25, -0.2) is 18.1 Å². The van der Waals surface area contributed by atoms with Crippen molar-refractivity contribution < 1.29 is 17.9 Å². The maximum Gasteiger partial charge on any atom is 0.281 e. The van der Waals surface area contributed by atoms with E-state index in [-0.39, 0.29) is 28.0 Å². The topological polar surface area (TPSA) is 111 Å². The van der Waals surface area contributed by atoms with Crippen molar-refractivity contribution >= 4 is 37.5 Å². The van der Waals surface area contributed by atoms with Crippen molar-refractivity contribution in [2.75, 3.05) is 25.6 Å². The van der Waals surface area contributed by atoms with Crippen LogP contribution < -0.4 is 15.7 Å². The maximum absolute atomic E-state index is 13.5. The number of carbonyl (C=O) groups is 1. The summed E-state index contributed by atoms with van der Waals surface area (Å²) in [7, 11) is -2.50. The van der Waals surface area contributed by atoms with E-state index in [9.17, 15) is 18.0 Å². The van der Waals surface area contributed by atoms with Crippen LogP contribution in [0.2, 0.25) is 0 Å². The highest BCUT2D eigenvalue weighted by Crippen LogP contribution is 2.32. The summed E-state index contributed by atoms with van der Waals surface area (Å²) >= 11 is 1.34. The quantitative estimate of drug-likeness (QED) is 0.589. The first-order valence-electron chi connectivity index (χ1n) is 10.6. The van der Waals surface area contributed by atoms with Crippen molar-refractivity contribution in [3.8, 4) is 5.75 Å². The number of aryl methyl sites for hydroxylation is 1. The highest BCUT2D eigenvalue weighted by Gasteiger charge is 2.34. The molecule has 0 bridgehead atoms. The summed E-state index contributed by atoms with van der Waals surface area (Å²) < 4.78 is 34.8. The molecule has 0 spiro atoms. The summed E-state index contributed by atoms with van der Waals surface area (Å²) in [5, 5.41) is 2.16. The Bertz CT molecular complexity index is 1370. The van der Waals surface area contributed by atoms with Gasteiger partial charge in [-0.1, -0.05) is 13.8 Å². The van der Waals surface area contributed by atoms with Crippen LogP contribution in [-0.4, -0.2) is 48.5 Å². The van der Waals surface area contributed by atoms with Gasteiger partial charge in [-0.05, 0) is 54.8 Å². The fraction of sp³-hybridized carbons (Fsp3) is 0.409. The Kier molecular flexibility index (Phi) is 6.30. The fourth-order valence-electron chi connectivity index (χ4n) is 4.27. The summed E-state index contributed by atoms with van der Waals surface area (Å²) in [4.78, 5) is 30.6. The van der Waals surface area contributed by atoms with Gasteiger partial charge in [0.1, 0.15) is 21.3 Å². The van der Waals surface area contributed by atoms with Crippen molar-refractivity contribution in [3.05, 3.63) is 51.4 Å². The van der Waals surface area contributed by atoms with Gasteiger partial charge < -0.3 is 4.74 Å². The average molecular weight is 491 g/mol. The molecule has 1 aromatic carbocycles. The van der Waals surface area contributed by atoms with E-state index in [0.29, 0.717) is 29.1 Å². The molecule has 9 nitrogen and oxygen atoms in total. The van der Waals surface area contributed by atoms with Crippen LogP contribution in [-0.2, 0) is 10.0 Å². The Morgan fingerprint density at radius 3 is 2.58 bits per heavy atom. The minimum Gasteiger partial charge on any atom is -0.495 e. The molecule has 0 aliphatic carbocycles. The Hall–Kier alpha value is -2.76. The van der Waals surface area contributed by atoms with E-state index in [1.807, 2.05) is 13.8 Å². The van der Waals surface area contributed by atoms with Gasteiger partial charge in [-0.2, -0.15) is 4.31 Å². The van der Waals surface area contributed by atoms with Crippen LogP contribution in [0.4, 0.5) is 0 Å². The number of nitrogens with zero attached hydrogens (tertiary/aromatic N) is 3. The summed E-state index contributed by atoms with van der Waals surface area (Å²) in [5.74, 6) is 0.315. The number of sulfonamides is 1. The molecule has 1 saturated heterocycles. The van der Waals surface area contributed by atoms with E-state index in [1.165, 1.54) is 41.0 Å². The number of rotatable bonds is 5. The van der Waals surface area contributed by atoms with E-state index >= 15 is 0 Å². The van der Waals surface area contributed by atoms with Crippen molar-refractivity contribution in [1.29, 1.82) is 0 Å². The minimum atomic E-state index is -3.89. The number of amides is 1. The molecule has 11 heteroatoms. The molecule has 2 atom stereocenters. The molecule has 2 aromatic heterocycles. The monoisotopic (exact) mass is 490 g/mol. The normalized spacial score (nSPS) is 19.5. The molecule has 1 amide bonds. The van der Waals surface area contributed by atoms with Gasteiger partial charge in [0.2, 0.25) is 10.0 Å². The van der Waals surface area contributed by atoms with Crippen LogP contribution in [0.25, 0.3) is 10.2 Å². The lowest BCUT2D eigenvalue weighted by Gasteiger charge is -2.34. The van der Waals surface area contributed by atoms with Crippen molar-refractivity contribution in [2.45, 2.75) is 32.1 Å². The summed E-state index contributed by atoms with van der Waals surface area (Å²) in [6, 6.07) is 5.86. The number of hydrogen-bond donors (Lipinski definition) is 1. The van der Waals surface area contributed by atoms with Gasteiger partial charge in [-0.3, -0.25) is 15.0 Å². The number of nitrogens with one attached hydrogen (secondary N) is 1. The zero-order valence-corrected chi connectivity index (χ0v) is 20.5. The van der Waals surface area contributed by atoms with E-state index < -0.39 is 21.5 Å². The van der Waals surface area contributed by atoms with Gasteiger partial charge in [0.25, 0.3) is 11.5 Å². The molecular formula is C22H26N4O5S2. The number of thiophene rings is 1. The number of aromatic nitrogens is 2. The largest absolute Gasteiger partial charge is 0.495 e. The van der Waals surface area contributed by atoms with Crippen LogP contribution in [0.5, 0.6) is 5.75 Å². The third-order valence-electron chi connectivity index (χ3n) is 5.76. The van der Waals surface area contributed by atoms with Crippen molar-refractivity contribution in [2.24, 2.45) is 11.8 Å². The maximum atomic E-state index is 13.5. The van der Waals surface area contributed by atoms with Crippen LogP contribution in [0, 0.1) is 18.8 Å². The van der Waals surface area contributed by atoms with Gasteiger partial charge in [0.05, 0.1) is 12.5 Å². The number of benzene rings is 1. The number of ether oxygens (including phenoxy) is 1. The molecule has 0 radical (unpaired) electrons. The first kappa shape index (κ1) is 23.4. The van der Waals surface area contributed by atoms with E-state index in [2.05, 4.69) is 10.4 Å². The van der Waals surface area contributed by atoms with E-state index in [0.717, 1.165) is 11.1 Å². The Labute approximate surface area is 196 Å². The second-order valence-electron chi connectivity index (χ2n) is 8.51. The lowest BCUT2D eigenvalue weighted by molar-refractivity contribution is 0.101. The lowest BCUT2D eigenvalue weighted by Crippen LogP contribution is -2.42. The number of fused-ring (bicyclic) bond motifs is 1. The molecule has 1 fully saturated rings. The third-order valence-corrected chi connectivity index (χ3v) is 8.42. The highest BCUT2D eigenvalue weighted by molar-refractivity contribution is 7.89. The minimum absolute atomic E-state index is 0.0746. The van der Waals surface area contributed by atoms with Gasteiger partial charge in [0, 0.05) is 18.7 Å². The van der Waals surface area contributed by atoms with Crippen LogP contribution in [0.15, 0.2) is 39.3 Å². The second kappa shape index (κ2) is 8.88. The smallest absolute Gasteiger partial charge is 0.281 e. The molecule has 4 rings (SSSR count). The zero-order chi connectivity index (χ0) is 23.9. The van der Waals surface area contributed by atoms with Crippen molar-refractivity contribution in [1.82, 2.24) is 14.0 Å². The fourth-order valence-corrected chi connectivity index (χ4v) is 6.93. The molecular weight excluding hydrogens is 464 g/mol. The SMILES string of the molecule is COc1ccc(C(=O)Nn2c(C)nc3sccc3c2=O)cc1S(=O)(=O)N1CC(C)CC(C)C1. The second-order valence-corrected chi connectivity index (χ2v) is 11.3. The van der Waals surface area contributed by atoms with Crippen LogP contribution >= 0.6 is 11.3 Å². The molecule has 1 N–H and O–H groups in total. The molecule has 1 aliphatic rings. The molecule has 1 aliphatic heterocycles. The Morgan fingerprint density at radius 1 is 1.21 bits per heavy atom. The number of carbonyl (C=O) groups excluding carboxylic acids is 1. The van der Waals surface area contributed by atoms with Gasteiger partial charge in [-0.15, -0.1) is 11.3 Å². The first-order valence-corrected chi connectivity index (χ1v) is 12.9. The molecule has 2 unspecified atom stereocenters. The Morgan fingerprint density at radius 2 is 1.91 bits per heavy atom. The van der Waals surface area contributed by atoms with Crippen LogP contribution in [0.1, 0.15) is 36.5 Å². The number of piperidine rings is 1. The van der Waals surface area contributed by atoms with Gasteiger partial charge >= 0.3 is 0 Å². The molecule has 0 saturated carbocycles. The molecule has 3 heterocycles. The standard InChI is InChI=1S/C22H26N4O5S2/c1-13-9-14(2)12-25(11-13)33(29,30)19-10-16(5-6-18(19)31-4)20(27)24-26-15(3)23-21-17(22(26)28)7-8-32-21/h5-8,10,13-14H,9,11-12H2,1-4H3,(H,24,27). The van der Waals surface area contributed by atoms with E-state index in [4.69, 9.17) is 4.74 Å². The van der Waals surface area contributed by atoms with E-state index in [1.54, 1.807) is 18.4 Å². The number of methoxy groups -OCH3 is 1. The van der Waals surface area contributed by atoms with Crippen molar-refractivity contribution in [3.63, 3.8) is 0 Å². The number of hydrogen-bond acceptors (Lipinski definition) is 7. The first-order chi connectivity index (χ1) is 15.6. The summed E-state index contributed by atoms with van der Waals surface area (Å²) in [6.45, 7) is 6.49. The predicted molar refractivity (Wildman–Crippen MR) is 127 cm³/mol. The summed E-state index contributed by atoms with van der Waals surface area (Å²) in [5.41, 5.74) is 2.23. The molecule has 33 heavy (non-hydrogen) atoms. The molecule has 3 aromatic rings. The van der Waals surface area contributed by atoms with Crippen LogP contribution in [0.3, 0.4) is 0 Å². The highest BCUT2D eigenvalue weighted by atomic mass is 32.2. The van der Waals surface area contributed by atoms with Gasteiger partial charge in [0.15, 0.2) is 0 Å². The molecule has 176 valence electrons. The average Bonchev–Trinajstić information content (AvgIpc) is 3.24.